The predicted molar refractivity (Wildman–Crippen MR) is 88.4 cm³/mol. The van der Waals surface area contributed by atoms with Crippen molar-refractivity contribution in [1.29, 1.82) is 0 Å². The molecule has 1 aliphatic heterocycles. The van der Waals surface area contributed by atoms with Gasteiger partial charge in [0.15, 0.2) is 0 Å². The second-order valence-corrected chi connectivity index (χ2v) is 7.45. The minimum absolute atomic E-state index is 0.457. The molecule has 1 heterocycles. The van der Waals surface area contributed by atoms with E-state index < -0.39 is 54.2 Å². The predicted octanol–water partition coefficient (Wildman–Crippen LogP) is 3.75. The third kappa shape index (κ3) is 3.66. The topological polar surface area (TPSA) is 57.6 Å². The largest absolute Gasteiger partial charge is 0.481 e. The Morgan fingerprint density at radius 3 is 2.11 bits per heavy atom. The number of carbonyl (C=O) groups excluding carboxylic acids is 1. The van der Waals surface area contributed by atoms with E-state index in [9.17, 15) is 32.3 Å². The number of amides is 1. The molecule has 1 aromatic rings. The van der Waals surface area contributed by atoms with Gasteiger partial charge in [0.2, 0.25) is 5.91 Å². The number of aliphatic carboxylic acids is 1. The van der Waals surface area contributed by atoms with Crippen molar-refractivity contribution in [2.45, 2.75) is 43.7 Å². The van der Waals surface area contributed by atoms with Gasteiger partial charge in [0.25, 0.3) is 0 Å². The van der Waals surface area contributed by atoms with E-state index in [4.69, 9.17) is 0 Å². The smallest absolute Gasteiger partial charge is 0.394 e. The van der Waals surface area contributed by atoms with E-state index in [2.05, 4.69) is 0 Å². The van der Waals surface area contributed by atoms with Crippen LogP contribution in [0.15, 0.2) is 24.3 Å². The summed E-state index contributed by atoms with van der Waals surface area (Å²) in [5.74, 6) is -6.23. The number of hydrogen-bond donors (Lipinski definition) is 1. The second-order valence-electron chi connectivity index (χ2n) is 7.45. The molecule has 0 unspecified atom stereocenters. The van der Waals surface area contributed by atoms with E-state index in [1.54, 1.807) is 0 Å². The standard InChI is InChI=1S/C19H21F4NO3/c20-13-6-4-12(5-7-13)18(8-2-1-3-9-18)17(27)24-10-14(16(25)26)15(11-24)19(21,22)23/h4-7,14-15H,1-3,8-11H2,(H,25,26)/t14-,15-/m1/s1. The maximum atomic E-state index is 13.3. The van der Waals surface area contributed by atoms with Crippen molar-refractivity contribution in [3.8, 4) is 0 Å². The Morgan fingerprint density at radius 1 is 1.04 bits per heavy atom. The number of likely N-dealkylation sites (tertiary alicyclic amines) is 1. The molecule has 1 N–H and O–H groups in total. The molecule has 1 amide bonds. The lowest BCUT2D eigenvalue weighted by Crippen LogP contribution is -2.47. The number of carboxylic acid groups (broad SMARTS) is 1. The first-order valence-corrected chi connectivity index (χ1v) is 9.00. The summed E-state index contributed by atoms with van der Waals surface area (Å²) < 4.78 is 53.1. The normalized spacial score (nSPS) is 25.4. The van der Waals surface area contributed by atoms with E-state index in [0.29, 0.717) is 18.4 Å². The van der Waals surface area contributed by atoms with Crippen LogP contribution in [-0.4, -0.2) is 41.1 Å². The molecule has 0 aromatic heterocycles. The first-order chi connectivity index (χ1) is 12.6. The van der Waals surface area contributed by atoms with Gasteiger partial charge in [-0.15, -0.1) is 0 Å². The average molecular weight is 387 g/mol. The number of carboxylic acids is 1. The minimum Gasteiger partial charge on any atom is -0.481 e. The van der Waals surface area contributed by atoms with Crippen molar-refractivity contribution in [1.82, 2.24) is 4.90 Å². The van der Waals surface area contributed by atoms with Crippen molar-refractivity contribution in [3.63, 3.8) is 0 Å². The number of carbonyl (C=O) groups is 2. The maximum absolute atomic E-state index is 13.3. The highest BCUT2D eigenvalue weighted by Crippen LogP contribution is 2.44. The van der Waals surface area contributed by atoms with Gasteiger partial charge in [0, 0.05) is 13.1 Å². The molecule has 1 aromatic carbocycles. The highest BCUT2D eigenvalue weighted by atomic mass is 19.4. The van der Waals surface area contributed by atoms with Gasteiger partial charge in [0.1, 0.15) is 5.82 Å². The summed E-state index contributed by atoms with van der Waals surface area (Å²) in [7, 11) is 0. The summed E-state index contributed by atoms with van der Waals surface area (Å²) >= 11 is 0. The van der Waals surface area contributed by atoms with Gasteiger partial charge in [-0.25, -0.2) is 4.39 Å². The monoisotopic (exact) mass is 387 g/mol. The SMILES string of the molecule is O=C(O)[C@@H]1CN(C(=O)C2(c3ccc(F)cc3)CCCCC2)C[C@H]1C(F)(F)F. The highest BCUT2D eigenvalue weighted by molar-refractivity contribution is 5.89. The summed E-state index contributed by atoms with van der Waals surface area (Å²) in [6.45, 7) is -1.11. The Balaban J connectivity index is 1.93. The van der Waals surface area contributed by atoms with E-state index >= 15 is 0 Å². The molecule has 2 fully saturated rings. The number of nitrogens with zero attached hydrogens (tertiary/aromatic N) is 1. The molecule has 2 aliphatic rings. The van der Waals surface area contributed by atoms with Crippen molar-refractivity contribution in [2.24, 2.45) is 11.8 Å². The number of rotatable bonds is 3. The van der Waals surface area contributed by atoms with Crippen molar-refractivity contribution in [3.05, 3.63) is 35.6 Å². The quantitative estimate of drug-likeness (QED) is 0.804. The van der Waals surface area contributed by atoms with Crippen LogP contribution in [0.4, 0.5) is 17.6 Å². The first-order valence-electron chi connectivity index (χ1n) is 9.00. The molecule has 148 valence electrons. The van der Waals surface area contributed by atoms with Crippen LogP contribution in [0.25, 0.3) is 0 Å². The van der Waals surface area contributed by atoms with E-state index in [1.807, 2.05) is 0 Å². The van der Waals surface area contributed by atoms with Gasteiger partial charge < -0.3 is 10.0 Å². The zero-order valence-electron chi connectivity index (χ0n) is 14.6. The van der Waals surface area contributed by atoms with Crippen LogP contribution in [0.1, 0.15) is 37.7 Å². The molecule has 0 radical (unpaired) electrons. The van der Waals surface area contributed by atoms with Crippen LogP contribution in [-0.2, 0) is 15.0 Å². The van der Waals surface area contributed by atoms with Gasteiger partial charge in [0.05, 0.1) is 17.3 Å². The van der Waals surface area contributed by atoms with Crippen LogP contribution in [0, 0.1) is 17.7 Å². The fraction of sp³-hybridized carbons (Fsp3) is 0.579. The van der Waals surface area contributed by atoms with Gasteiger partial charge >= 0.3 is 12.1 Å². The molecule has 1 saturated carbocycles. The van der Waals surface area contributed by atoms with Crippen molar-refractivity contribution < 1.29 is 32.3 Å². The van der Waals surface area contributed by atoms with E-state index in [1.165, 1.54) is 24.3 Å². The van der Waals surface area contributed by atoms with Gasteiger partial charge in [-0.3, -0.25) is 9.59 Å². The molecular formula is C19H21F4NO3. The Bertz CT molecular complexity index is 711. The van der Waals surface area contributed by atoms with Gasteiger partial charge in [-0.2, -0.15) is 13.2 Å². The van der Waals surface area contributed by atoms with Crippen LogP contribution in [0.3, 0.4) is 0 Å². The average Bonchev–Trinajstić information content (AvgIpc) is 3.08. The summed E-state index contributed by atoms with van der Waals surface area (Å²) in [4.78, 5) is 25.7. The van der Waals surface area contributed by atoms with Gasteiger partial charge in [-0.1, -0.05) is 31.4 Å². The van der Waals surface area contributed by atoms with Crippen LogP contribution in [0.5, 0.6) is 0 Å². The summed E-state index contributed by atoms with van der Waals surface area (Å²) in [6, 6.07) is 5.48. The lowest BCUT2D eigenvalue weighted by atomic mass is 9.68. The molecule has 27 heavy (non-hydrogen) atoms. The molecule has 4 nitrogen and oxygen atoms in total. The maximum Gasteiger partial charge on any atom is 0.394 e. The fourth-order valence-corrected chi connectivity index (χ4v) is 4.40. The third-order valence-electron chi connectivity index (χ3n) is 5.86. The number of hydrogen-bond acceptors (Lipinski definition) is 2. The molecule has 8 heteroatoms. The molecule has 3 rings (SSSR count). The van der Waals surface area contributed by atoms with Crippen LogP contribution in [0.2, 0.25) is 0 Å². The molecule has 0 bridgehead atoms. The summed E-state index contributed by atoms with van der Waals surface area (Å²) in [5, 5.41) is 9.19. The second kappa shape index (κ2) is 7.13. The van der Waals surface area contributed by atoms with E-state index in [0.717, 1.165) is 24.2 Å². The zero-order chi connectivity index (χ0) is 19.8. The zero-order valence-corrected chi connectivity index (χ0v) is 14.6. The van der Waals surface area contributed by atoms with Gasteiger partial charge in [-0.05, 0) is 30.5 Å². The van der Waals surface area contributed by atoms with Crippen molar-refractivity contribution in [2.75, 3.05) is 13.1 Å². The lowest BCUT2D eigenvalue weighted by molar-refractivity contribution is -0.188. The minimum atomic E-state index is -4.69. The van der Waals surface area contributed by atoms with E-state index in [-0.39, 0.29) is 0 Å². The molecule has 2 atom stereocenters. The lowest BCUT2D eigenvalue weighted by Gasteiger charge is -2.39. The Morgan fingerprint density at radius 2 is 1.63 bits per heavy atom. The highest BCUT2D eigenvalue weighted by Gasteiger charge is 2.55. The Labute approximate surface area is 154 Å². The fourth-order valence-electron chi connectivity index (χ4n) is 4.40. The number of halogens is 4. The molecule has 1 aliphatic carbocycles. The van der Waals surface area contributed by atoms with Crippen LogP contribution >= 0.6 is 0 Å². The molecule has 0 spiro atoms. The molecular weight excluding hydrogens is 366 g/mol. The Hall–Kier alpha value is -2.12. The summed E-state index contributed by atoms with van der Waals surface area (Å²) in [5.41, 5.74) is -0.439. The summed E-state index contributed by atoms with van der Waals surface area (Å²) in [6.07, 6.45) is -1.37. The Kier molecular flexibility index (Phi) is 5.18. The number of alkyl halides is 3. The third-order valence-corrected chi connectivity index (χ3v) is 5.86. The first kappa shape index (κ1) is 19.6. The number of benzene rings is 1. The van der Waals surface area contributed by atoms with Crippen molar-refractivity contribution >= 4 is 11.9 Å². The van der Waals surface area contributed by atoms with Crippen LogP contribution < -0.4 is 0 Å². The molecule has 1 saturated heterocycles.